The summed E-state index contributed by atoms with van der Waals surface area (Å²) in [4.78, 5) is 2.52. The first kappa shape index (κ1) is 33.3. The lowest BCUT2D eigenvalue weighted by atomic mass is 9.68. The monoisotopic (exact) mass is 743 g/mol. The van der Waals surface area contributed by atoms with Gasteiger partial charge in [0.1, 0.15) is 0 Å². The van der Waals surface area contributed by atoms with Crippen molar-refractivity contribution in [2.24, 2.45) is 0 Å². The van der Waals surface area contributed by atoms with Gasteiger partial charge in [0.15, 0.2) is 0 Å². The maximum atomic E-state index is 2.52. The quantitative estimate of drug-likeness (QED) is 0.157. The van der Waals surface area contributed by atoms with Crippen molar-refractivity contribution in [3.63, 3.8) is 0 Å². The predicted octanol–water partition coefficient (Wildman–Crippen LogP) is 15.2. The van der Waals surface area contributed by atoms with Gasteiger partial charge in [-0.25, -0.2) is 0 Å². The molecule has 0 aliphatic heterocycles. The van der Waals surface area contributed by atoms with E-state index in [1.807, 2.05) is 11.3 Å². The number of hydrogen-bond acceptors (Lipinski definition) is 2. The first-order valence-corrected chi connectivity index (χ1v) is 20.4. The van der Waals surface area contributed by atoms with Crippen molar-refractivity contribution in [1.29, 1.82) is 0 Å². The molecule has 1 heterocycles. The van der Waals surface area contributed by atoms with Gasteiger partial charge in [0.25, 0.3) is 0 Å². The molecule has 2 heteroatoms. The fraction of sp³-hybridized carbons (Fsp3) is 0.0182. The van der Waals surface area contributed by atoms with Gasteiger partial charge in [0, 0.05) is 26.7 Å². The molecule has 57 heavy (non-hydrogen) atoms. The fourth-order valence-electron chi connectivity index (χ4n) is 9.33. The second kappa shape index (κ2) is 13.6. The van der Waals surface area contributed by atoms with Gasteiger partial charge >= 0.3 is 0 Å². The Bertz CT molecular complexity index is 3000. The first-order valence-electron chi connectivity index (χ1n) is 19.6. The van der Waals surface area contributed by atoms with Crippen molar-refractivity contribution in [3.8, 4) is 33.4 Å². The standard InChI is InChI=1S/C55H37NS/c1-5-18-38(19-6-1)39-34-36-43(37-35-39)56(51-33-16-29-46-45-28-15-27-44(53(45)57-54(46)51)40-20-7-2-8-21-40)50-32-17-31-49-52(50)47-26-13-14-30-48(47)55(49,41-22-9-3-10-23-41)42-24-11-4-12-25-42/h1-37H. The molecule has 0 spiro atoms. The fourth-order valence-corrected chi connectivity index (χ4v) is 10.7. The van der Waals surface area contributed by atoms with E-state index in [2.05, 4.69) is 229 Å². The normalized spacial score (nSPS) is 12.7. The molecular weight excluding hydrogens is 707 g/mol. The van der Waals surface area contributed by atoms with Crippen LogP contribution in [0.4, 0.5) is 17.1 Å². The summed E-state index contributed by atoms with van der Waals surface area (Å²) in [5, 5.41) is 2.56. The molecule has 1 aliphatic rings. The average molecular weight is 744 g/mol. The molecule has 0 unspecified atom stereocenters. The van der Waals surface area contributed by atoms with E-state index in [0.717, 1.165) is 11.4 Å². The van der Waals surface area contributed by atoms with Crippen molar-refractivity contribution in [2.75, 3.05) is 4.90 Å². The Kier molecular flexibility index (Phi) is 7.98. The van der Waals surface area contributed by atoms with E-state index in [0.29, 0.717) is 0 Å². The summed E-state index contributed by atoms with van der Waals surface area (Å²) in [6.45, 7) is 0. The molecule has 1 nitrogen and oxygen atoms in total. The Labute approximate surface area is 337 Å². The Hall–Kier alpha value is -7.00. The highest BCUT2D eigenvalue weighted by atomic mass is 32.1. The topological polar surface area (TPSA) is 3.24 Å². The van der Waals surface area contributed by atoms with Crippen LogP contribution in [0.1, 0.15) is 22.3 Å². The lowest BCUT2D eigenvalue weighted by molar-refractivity contribution is 0.768. The zero-order valence-electron chi connectivity index (χ0n) is 31.2. The molecule has 0 radical (unpaired) electrons. The molecule has 0 bridgehead atoms. The van der Waals surface area contributed by atoms with E-state index in [1.165, 1.54) is 81.5 Å². The van der Waals surface area contributed by atoms with Crippen LogP contribution in [-0.2, 0) is 5.41 Å². The van der Waals surface area contributed by atoms with E-state index in [1.54, 1.807) is 0 Å². The van der Waals surface area contributed by atoms with E-state index in [-0.39, 0.29) is 0 Å². The van der Waals surface area contributed by atoms with Crippen LogP contribution in [0.2, 0.25) is 0 Å². The SMILES string of the molecule is c1ccc(-c2ccc(N(c3cccc4c3-c3ccccc3C4(c3ccccc3)c3ccccc3)c3cccc4c3sc3c(-c5ccccc5)cccc34)cc2)cc1. The van der Waals surface area contributed by atoms with Gasteiger partial charge in [-0.2, -0.15) is 0 Å². The maximum absolute atomic E-state index is 2.52. The van der Waals surface area contributed by atoms with E-state index in [4.69, 9.17) is 0 Å². The molecule has 1 aliphatic carbocycles. The molecule has 0 N–H and O–H groups in total. The Morgan fingerprint density at radius 1 is 0.333 bits per heavy atom. The summed E-state index contributed by atoms with van der Waals surface area (Å²) >= 11 is 1.90. The van der Waals surface area contributed by atoms with Crippen molar-refractivity contribution in [2.45, 2.75) is 5.41 Å². The van der Waals surface area contributed by atoms with E-state index in [9.17, 15) is 0 Å². The smallest absolute Gasteiger partial charge is 0.0714 e. The van der Waals surface area contributed by atoms with Crippen LogP contribution < -0.4 is 4.90 Å². The summed E-state index contributed by atoms with van der Waals surface area (Å²) in [6.07, 6.45) is 0. The van der Waals surface area contributed by atoms with Crippen molar-refractivity contribution >= 4 is 48.6 Å². The predicted molar refractivity (Wildman–Crippen MR) is 242 cm³/mol. The summed E-state index contributed by atoms with van der Waals surface area (Å²) < 4.78 is 2.57. The molecule has 0 fully saturated rings. The van der Waals surface area contributed by atoms with Crippen LogP contribution in [0, 0.1) is 0 Å². The number of anilines is 3. The minimum atomic E-state index is -0.499. The van der Waals surface area contributed by atoms with Gasteiger partial charge in [0.2, 0.25) is 0 Å². The molecule has 268 valence electrons. The summed E-state index contributed by atoms with van der Waals surface area (Å²) in [5.41, 5.74) is 15.5. The third-order valence-electron chi connectivity index (χ3n) is 11.8. The molecule has 0 atom stereocenters. The summed E-state index contributed by atoms with van der Waals surface area (Å²) in [6, 6.07) is 82.4. The van der Waals surface area contributed by atoms with Gasteiger partial charge in [-0.3, -0.25) is 0 Å². The molecule has 0 amide bonds. The number of hydrogen-bond donors (Lipinski definition) is 0. The summed E-state index contributed by atoms with van der Waals surface area (Å²) in [7, 11) is 0. The highest BCUT2D eigenvalue weighted by Crippen LogP contribution is 2.60. The second-order valence-electron chi connectivity index (χ2n) is 14.8. The molecule has 11 rings (SSSR count). The Morgan fingerprint density at radius 2 is 0.825 bits per heavy atom. The van der Waals surface area contributed by atoms with Crippen LogP contribution in [0.3, 0.4) is 0 Å². The molecular formula is C55H37NS. The molecule has 0 saturated carbocycles. The third kappa shape index (κ3) is 5.22. The molecule has 0 saturated heterocycles. The van der Waals surface area contributed by atoms with E-state index < -0.39 is 5.41 Å². The van der Waals surface area contributed by atoms with Gasteiger partial charge in [-0.15, -0.1) is 11.3 Å². The Morgan fingerprint density at radius 3 is 1.51 bits per heavy atom. The first-order chi connectivity index (χ1) is 28.3. The summed E-state index contributed by atoms with van der Waals surface area (Å²) in [5.74, 6) is 0. The van der Waals surface area contributed by atoms with Gasteiger partial charge in [-0.05, 0) is 74.3 Å². The van der Waals surface area contributed by atoms with E-state index >= 15 is 0 Å². The van der Waals surface area contributed by atoms with Crippen molar-refractivity contribution in [1.82, 2.24) is 0 Å². The van der Waals surface area contributed by atoms with Crippen LogP contribution in [-0.4, -0.2) is 0 Å². The molecule has 9 aromatic carbocycles. The molecule has 1 aromatic heterocycles. The van der Waals surface area contributed by atoms with Gasteiger partial charge in [-0.1, -0.05) is 200 Å². The van der Waals surface area contributed by atoms with Crippen molar-refractivity contribution in [3.05, 3.63) is 247 Å². The third-order valence-corrected chi connectivity index (χ3v) is 13.0. The molecule has 10 aromatic rings. The highest BCUT2D eigenvalue weighted by Gasteiger charge is 2.47. The van der Waals surface area contributed by atoms with Crippen LogP contribution >= 0.6 is 11.3 Å². The Balaban J connectivity index is 1.21. The lowest BCUT2D eigenvalue weighted by Gasteiger charge is -2.34. The van der Waals surface area contributed by atoms with Crippen molar-refractivity contribution < 1.29 is 0 Å². The average Bonchev–Trinajstić information content (AvgIpc) is 3.83. The zero-order chi connectivity index (χ0) is 37.8. The van der Waals surface area contributed by atoms with Gasteiger partial charge in [0.05, 0.1) is 21.5 Å². The number of benzene rings is 9. The minimum Gasteiger partial charge on any atom is -0.308 e. The lowest BCUT2D eigenvalue weighted by Crippen LogP contribution is -2.28. The largest absolute Gasteiger partial charge is 0.308 e. The van der Waals surface area contributed by atoms with Crippen LogP contribution in [0.25, 0.3) is 53.6 Å². The number of thiophene rings is 1. The number of rotatable bonds is 7. The number of nitrogens with zero attached hydrogens (tertiary/aromatic N) is 1. The number of fused-ring (bicyclic) bond motifs is 6. The van der Waals surface area contributed by atoms with Gasteiger partial charge < -0.3 is 4.90 Å². The van der Waals surface area contributed by atoms with Crippen LogP contribution in [0.5, 0.6) is 0 Å². The maximum Gasteiger partial charge on any atom is 0.0714 e. The minimum absolute atomic E-state index is 0.499. The van der Waals surface area contributed by atoms with Crippen LogP contribution in [0.15, 0.2) is 224 Å². The second-order valence-corrected chi connectivity index (χ2v) is 15.8. The highest BCUT2D eigenvalue weighted by molar-refractivity contribution is 7.27. The zero-order valence-corrected chi connectivity index (χ0v) is 32.0.